The fourth-order valence-electron chi connectivity index (χ4n) is 2.29. The molecule has 5 nitrogen and oxygen atoms in total. The number of pyridine rings is 1. The molecular weight excluding hydrogens is 371 g/mol. The molecule has 1 amide bonds. The summed E-state index contributed by atoms with van der Waals surface area (Å²) in [6.07, 6.45) is 1.15. The Morgan fingerprint density at radius 1 is 1.11 bits per heavy atom. The number of nitrogens with one attached hydrogen (secondary N) is 1. The van der Waals surface area contributed by atoms with Crippen LogP contribution in [0.25, 0.3) is 0 Å². The molecule has 2 aromatic carbocycles. The van der Waals surface area contributed by atoms with Gasteiger partial charge in [-0.2, -0.15) is 4.39 Å². The number of rotatable bonds is 6. The van der Waals surface area contributed by atoms with Crippen molar-refractivity contribution < 1.29 is 18.7 Å². The van der Waals surface area contributed by atoms with Crippen molar-refractivity contribution in [1.82, 2.24) is 4.98 Å². The van der Waals surface area contributed by atoms with Gasteiger partial charge in [0.15, 0.2) is 5.75 Å². The van der Waals surface area contributed by atoms with Crippen molar-refractivity contribution in [3.8, 4) is 17.2 Å². The maximum absolute atomic E-state index is 12.9. The first-order valence-electron chi connectivity index (χ1n) is 8.18. The smallest absolute Gasteiger partial charge is 0.257 e. The van der Waals surface area contributed by atoms with Gasteiger partial charge in [-0.05, 0) is 61.5 Å². The van der Waals surface area contributed by atoms with E-state index in [0.29, 0.717) is 28.8 Å². The average molecular weight is 387 g/mol. The maximum atomic E-state index is 12.9. The van der Waals surface area contributed by atoms with Crippen LogP contribution in [-0.4, -0.2) is 17.5 Å². The number of amides is 1. The molecule has 138 valence electrons. The van der Waals surface area contributed by atoms with E-state index >= 15 is 0 Å². The molecule has 3 rings (SSSR count). The Kier molecular flexibility index (Phi) is 5.88. The van der Waals surface area contributed by atoms with Gasteiger partial charge in [0.25, 0.3) is 5.91 Å². The summed E-state index contributed by atoms with van der Waals surface area (Å²) in [5.41, 5.74) is 0.592. The summed E-state index contributed by atoms with van der Waals surface area (Å²) < 4.78 is 24.2. The van der Waals surface area contributed by atoms with Gasteiger partial charge in [0.05, 0.1) is 17.9 Å². The maximum Gasteiger partial charge on any atom is 0.257 e. The molecular formula is C20H16ClFN2O3. The fourth-order valence-corrected chi connectivity index (χ4v) is 2.46. The van der Waals surface area contributed by atoms with Gasteiger partial charge in [0, 0.05) is 11.2 Å². The molecule has 0 aliphatic carbocycles. The molecule has 1 heterocycles. The Morgan fingerprint density at radius 3 is 2.52 bits per heavy atom. The van der Waals surface area contributed by atoms with Gasteiger partial charge in [-0.3, -0.25) is 4.79 Å². The van der Waals surface area contributed by atoms with Crippen LogP contribution < -0.4 is 14.8 Å². The van der Waals surface area contributed by atoms with Gasteiger partial charge in [-0.25, -0.2) is 4.98 Å². The van der Waals surface area contributed by atoms with E-state index in [0.717, 1.165) is 18.0 Å². The van der Waals surface area contributed by atoms with E-state index in [1.807, 2.05) is 6.92 Å². The highest BCUT2D eigenvalue weighted by atomic mass is 35.5. The number of halogens is 2. The van der Waals surface area contributed by atoms with Crippen LogP contribution in [0, 0.1) is 5.95 Å². The molecule has 0 unspecified atom stereocenters. The van der Waals surface area contributed by atoms with Crippen LogP contribution in [0.15, 0.2) is 60.8 Å². The van der Waals surface area contributed by atoms with Crippen LogP contribution in [0.2, 0.25) is 5.02 Å². The molecule has 0 radical (unpaired) electrons. The Balaban J connectivity index is 1.80. The van der Waals surface area contributed by atoms with Crippen molar-refractivity contribution >= 4 is 23.2 Å². The summed E-state index contributed by atoms with van der Waals surface area (Å²) in [4.78, 5) is 15.8. The molecule has 0 fully saturated rings. The molecule has 0 saturated heterocycles. The largest absolute Gasteiger partial charge is 0.494 e. The van der Waals surface area contributed by atoms with Gasteiger partial charge in [0.1, 0.15) is 11.5 Å². The second-order valence-electron chi connectivity index (χ2n) is 5.47. The van der Waals surface area contributed by atoms with Crippen molar-refractivity contribution in [2.75, 3.05) is 11.9 Å². The molecule has 1 aromatic heterocycles. The van der Waals surface area contributed by atoms with Gasteiger partial charge >= 0.3 is 0 Å². The number of aromatic nitrogens is 1. The number of carbonyl (C=O) groups is 1. The third kappa shape index (κ3) is 4.95. The summed E-state index contributed by atoms with van der Waals surface area (Å²) in [5.74, 6) is 0.597. The number of nitrogens with zero attached hydrogens (tertiary/aromatic N) is 1. The minimum atomic E-state index is -0.658. The van der Waals surface area contributed by atoms with Crippen molar-refractivity contribution in [3.63, 3.8) is 0 Å². The summed E-state index contributed by atoms with van der Waals surface area (Å²) in [6.45, 7) is 2.48. The average Bonchev–Trinajstić information content (AvgIpc) is 2.66. The Morgan fingerprint density at radius 2 is 1.85 bits per heavy atom. The standard InChI is InChI=1S/C20H16ClFN2O3/c1-2-26-15-5-7-16(8-6-15)27-18-9-4-14(21)11-17(18)24-20(25)13-3-10-19(22)23-12-13/h3-12H,2H2,1H3,(H,24,25). The lowest BCUT2D eigenvalue weighted by Crippen LogP contribution is -2.13. The summed E-state index contributed by atoms with van der Waals surface area (Å²) >= 11 is 6.04. The number of anilines is 1. The zero-order chi connectivity index (χ0) is 19.2. The zero-order valence-corrected chi connectivity index (χ0v) is 15.2. The van der Waals surface area contributed by atoms with Crippen LogP contribution in [0.3, 0.4) is 0 Å². The molecule has 27 heavy (non-hydrogen) atoms. The normalized spacial score (nSPS) is 10.3. The first kappa shape index (κ1) is 18.7. The van der Waals surface area contributed by atoms with E-state index in [-0.39, 0.29) is 5.56 Å². The van der Waals surface area contributed by atoms with Crippen molar-refractivity contribution in [1.29, 1.82) is 0 Å². The third-order valence-corrected chi connectivity index (χ3v) is 3.78. The van der Waals surface area contributed by atoms with E-state index in [1.54, 1.807) is 42.5 Å². The van der Waals surface area contributed by atoms with Gasteiger partial charge in [-0.15, -0.1) is 0 Å². The van der Waals surface area contributed by atoms with E-state index < -0.39 is 11.9 Å². The van der Waals surface area contributed by atoms with Crippen LogP contribution in [0.4, 0.5) is 10.1 Å². The molecule has 7 heteroatoms. The monoisotopic (exact) mass is 386 g/mol. The minimum absolute atomic E-state index is 0.211. The Bertz CT molecular complexity index is 931. The van der Waals surface area contributed by atoms with Crippen molar-refractivity contribution in [2.24, 2.45) is 0 Å². The molecule has 0 saturated carbocycles. The highest BCUT2D eigenvalue weighted by Gasteiger charge is 2.12. The van der Waals surface area contributed by atoms with Gasteiger partial charge < -0.3 is 14.8 Å². The predicted octanol–water partition coefficient (Wildman–Crippen LogP) is 5.32. The molecule has 0 aliphatic rings. The lowest BCUT2D eigenvalue weighted by molar-refractivity contribution is 0.102. The van der Waals surface area contributed by atoms with E-state index in [1.165, 1.54) is 6.07 Å². The summed E-state index contributed by atoms with van der Waals surface area (Å²) in [6, 6.07) is 14.4. The highest BCUT2D eigenvalue weighted by molar-refractivity contribution is 6.31. The predicted molar refractivity (Wildman–Crippen MR) is 101 cm³/mol. The van der Waals surface area contributed by atoms with Gasteiger partial charge in [-0.1, -0.05) is 11.6 Å². The van der Waals surface area contributed by atoms with Crippen LogP contribution in [0.5, 0.6) is 17.2 Å². The fraction of sp³-hybridized carbons (Fsp3) is 0.100. The first-order valence-corrected chi connectivity index (χ1v) is 8.56. The molecule has 0 spiro atoms. The lowest BCUT2D eigenvalue weighted by Gasteiger charge is -2.13. The molecule has 1 N–H and O–H groups in total. The summed E-state index contributed by atoms with van der Waals surface area (Å²) in [5, 5.41) is 3.14. The topological polar surface area (TPSA) is 60.5 Å². The molecule has 0 aliphatic heterocycles. The number of benzene rings is 2. The molecule has 3 aromatic rings. The third-order valence-electron chi connectivity index (χ3n) is 3.54. The SMILES string of the molecule is CCOc1ccc(Oc2ccc(Cl)cc2NC(=O)c2ccc(F)nc2)cc1. The Hall–Kier alpha value is -3.12. The Labute approximate surface area is 160 Å². The quantitative estimate of drug-likeness (QED) is 0.582. The molecule has 0 bridgehead atoms. The summed E-state index contributed by atoms with van der Waals surface area (Å²) in [7, 11) is 0. The van der Waals surface area contributed by atoms with Crippen LogP contribution in [-0.2, 0) is 0 Å². The molecule has 0 atom stereocenters. The second-order valence-corrected chi connectivity index (χ2v) is 5.91. The highest BCUT2D eigenvalue weighted by Crippen LogP contribution is 2.33. The van der Waals surface area contributed by atoms with Crippen LogP contribution >= 0.6 is 11.6 Å². The first-order chi connectivity index (χ1) is 13.0. The number of carbonyl (C=O) groups excluding carboxylic acids is 1. The van der Waals surface area contributed by atoms with Crippen molar-refractivity contribution in [3.05, 3.63) is 77.3 Å². The van der Waals surface area contributed by atoms with Gasteiger partial charge in [0.2, 0.25) is 5.95 Å². The number of hydrogen-bond donors (Lipinski definition) is 1. The van der Waals surface area contributed by atoms with Crippen LogP contribution in [0.1, 0.15) is 17.3 Å². The van der Waals surface area contributed by atoms with E-state index in [4.69, 9.17) is 21.1 Å². The van der Waals surface area contributed by atoms with Crippen molar-refractivity contribution in [2.45, 2.75) is 6.92 Å². The lowest BCUT2D eigenvalue weighted by atomic mass is 10.2. The minimum Gasteiger partial charge on any atom is -0.494 e. The number of ether oxygens (including phenoxy) is 2. The second kappa shape index (κ2) is 8.51. The van der Waals surface area contributed by atoms with E-state index in [9.17, 15) is 9.18 Å². The number of hydrogen-bond acceptors (Lipinski definition) is 4. The van der Waals surface area contributed by atoms with E-state index in [2.05, 4.69) is 10.3 Å². The zero-order valence-electron chi connectivity index (χ0n) is 14.4.